The summed E-state index contributed by atoms with van der Waals surface area (Å²) in [5.74, 6) is -2.83. The largest absolute Gasteiger partial charge is 0.471 e. The van der Waals surface area contributed by atoms with E-state index in [1.54, 1.807) is 24.3 Å². The van der Waals surface area contributed by atoms with E-state index in [0.717, 1.165) is 10.0 Å². The number of hydrogen-bond donors (Lipinski definition) is 2. The topological polar surface area (TPSA) is 69.6 Å². The lowest BCUT2D eigenvalue weighted by molar-refractivity contribution is -0.187. The van der Waals surface area contributed by atoms with Gasteiger partial charge in [0.2, 0.25) is 5.91 Å². The van der Waals surface area contributed by atoms with Gasteiger partial charge in [-0.25, -0.2) is 0 Å². The van der Waals surface area contributed by atoms with E-state index in [4.69, 9.17) is 0 Å². The summed E-state index contributed by atoms with van der Waals surface area (Å²) in [6.07, 6.45) is -6.44. The molecule has 0 unspecified atom stereocenters. The third-order valence-corrected chi connectivity index (χ3v) is 3.99. The molecule has 9 heteroatoms. The van der Waals surface area contributed by atoms with Crippen LogP contribution in [0.25, 0.3) is 0 Å². The van der Waals surface area contributed by atoms with Crippen LogP contribution in [0.1, 0.15) is 12.0 Å². The van der Waals surface area contributed by atoms with Gasteiger partial charge in [-0.15, -0.1) is 0 Å². The molecule has 1 aliphatic rings. The summed E-state index contributed by atoms with van der Waals surface area (Å²) < 4.78 is 38.5. The van der Waals surface area contributed by atoms with Crippen molar-refractivity contribution in [1.82, 2.24) is 10.2 Å². The van der Waals surface area contributed by atoms with Gasteiger partial charge < -0.3 is 15.3 Å². The second-order valence-corrected chi connectivity index (χ2v) is 6.12. The number of nitrogens with zero attached hydrogens (tertiary/aromatic N) is 1. The van der Waals surface area contributed by atoms with E-state index in [1.165, 1.54) is 0 Å². The number of amides is 2. The van der Waals surface area contributed by atoms with Crippen molar-refractivity contribution in [3.8, 4) is 0 Å². The maximum absolute atomic E-state index is 12.5. The second kappa shape index (κ2) is 6.88. The molecule has 0 bridgehead atoms. The number of benzene rings is 1. The number of aliphatic hydroxyl groups excluding tert-OH is 1. The van der Waals surface area contributed by atoms with Gasteiger partial charge in [0.05, 0.1) is 6.10 Å². The Morgan fingerprint density at radius 3 is 2.48 bits per heavy atom. The van der Waals surface area contributed by atoms with Gasteiger partial charge in [0, 0.05) is 24.0 Å². The Bertz CT molecular complexity index is 592. The van der Waals surface area contributed by atoms with Crippen LogP contribution in [0.3, 0.4) is 0 Å². The first-order chi connectivity index (χ1) is 10.7. The van der Waals surface area contributed by atoms with E-state index >= 15 is 0 Å². The first-order valence-electron chi connectivity index (χ1n) is 6.76. The van der Waals surface area contributed by atoms with Crippen molar-refractivity contribution in [3.05, 3.63) is 34.3 Å². The Hall–Kier alpha value is -1.61. The van der Waals surface area contributed by atoms with Crippen LogP contribution < -0.4 is 5.32 Å². The number of hydrogen-bond acceptors (Lipinski definition) is 3. The Balaban J connectivity index is 2.01. The van der Waals surface area contributed by atoms with E-state index in [1.807, 2.05) is 0 Å². The summed E-state index contributed by atoms with van der Waals surface area (Å²) in [4.78, 5) is 23.8. The third-order valence-electron chi connectivity index (χ3n) is 3.47. The molecule has 23 heavy (non-hydrogen) atoms. The minimum absolute atomic E-state index is 0.118. The summed E-state index contributed by atoms with van der Waals surface area (Å²) in [7, 11) is 0. The van der Waals surface area contributed by atoms with Gasteiger partial charge in [-0.05, 0) is 17.7 Å². The number of nitrogens with one attached hydrogen (secondary N) is 1. The predicted octanol–water partition coefficient (Wildman–Crippen LogP) is 1.59. The fourth-order valence-electron chi connectivity index (χ4n) is 2.36. The van der Waals surface area contributed by atoms with E-state index in [-0.39, 0.29) is 13.0 Å². The molecule has 2 rings (SSSR count). The van der Waals surface area contributed by atoms with Crippen LogP contribution in [-0.2, 0) is 16.1 Å². The van der Waals surface area contributed by atoms with Crippen molar-refractivity contribution in [3.63, 3.8) is 0 Å². The van der Waals surface area contributed by atoms with Crippen LogP contribution in [0.5, 0.6) is 0 Å². The smallest absolute Gasteiger partial charge is 0.391 e. The highest BCUT2D eigenvalue weighted by Gasteiger charge is 2.49. The minimum Gasteiger partial charge on any atom is -0.391 e. The highest BCUT2D eigenvalue weighted by molar-refractivity contribution is 9.10. The zero-order valence-corrected chi connectivity index (χ0v) is 13.4. The lowest BCUT2D eigenvalue weighted by Crippen LogP contribution is -2.50. The maximum Gasteiger partial charge on any atom is 0.471 e. The number of alkyl halides is 3. The van der Waals surface area contributed by atoms with Crippen molar-refractivity contribution in [1.29, 1.82) is 0 Å². The molecular formula is C14H14BrF3N2O3. The fourth-order valence-corrected chi connectivity index (χ4v) is 2.62. The zero-order chi connectivity index (χ0) is 17.2. The Morgan fingerprint density at radius 1 is 1.30 bits per heavy atom. The molecule has 1 aliphatic heterocycles. The molecule has 2 atom stereocenters. The quantitative estimate of drug-likeness (QED) is 0.817. The van der Waals surface area contributed by atoms with Gasteiger partial charge in [-0.3, -0.25) is 9.59 Å². The van der Waals surface area contributed by atoms with Crippen molar-refractivity contribution < 1.29 is 27.9 Å². The van der Waals surface area contributed by atoms with E-state index in [2.05, 4.69) is 21.2 Å². The van der Waals surface area contributed by atoms with Gasteiger partial charge in [0.1, 0.15) is 6.04 Å². The highest BCUT2D eigenvalue weighted by Crippen LogP contribution is 2.26. The van der Waals surface area contributed by atoms with Crippen molar-refractivity contribution in [2.75, 3.05) is 6.54 Å². The predicted molar refractivity (Wildman–Crippen MR) is 78.2 cm³/mol. The highest BCUT2D eigenvalue weighted by atomic mass is 79.9. The molecule has 0 spiro atoms. The molecule has 0 saturated carbocycles. The summed E-state index contributed by atoms with van der Waals surface area (Å²) in [5.41, 5.74) is 0.758. The normalized spacial score (nSPS) is 21.3. The zero-order valence-electron chi connectivity index (χ0n) is 11.8. The first-order valence-corrected chi connectivity index (χ1v) is 7.56. The molecule has 2 N–H and O–H groups in total. The summed E-state index contributed by atoms with van der Waals surface area (Å²) >= 11 is 3.26. The fraction of sp³-hybridized carbons (Fsp3) is 0.429. The van der Waals surface area contributed by atoms with E-state index < -0.39 is 36.7 Å². The van der Waals surface area contributed by atoms with Gasteiger partial charge >= 0.3 is 12.1 Å². The van der Waals surface area contributed by atoms with Crippen LogP contribution in [0.4, 0.5) is 13.2 Å². The van der Waals surface area contributed by atoms with Gasteiger partial charge in [-0.1, -0.05) is 28.1 Å². The van der Waals surface area contributed by atoms with Gasteiger partial charge in [-0.2, -0.15) is 13.2 Å². The average Bonchev–Trinajstić information content (AvgIpc) is 2.86. The molecule has 1 aromatic rings. The number of β-amino-alcohol motifs (C(OH)–C–C–N with tert-alkyl or cyclic N) is 1. The summed E-state index contributed by atoms with van der Waals surface area (Å²) in [5, 5.41) is 12.0. The molecule has 1 heterocycles. The molecular weight excluding hydrogens is 381 g/mol. The molecule has 0 radical (unpaired) electrons. The lowest BCUT2D eigenvalue weighted by Gasteiger charge is -2.24. The number of halogens is 4. The molecule has 1 saturated heterocycles. The number of aliphatic hydroxyl groups is 1. The maximum atomic E-state index is 12.5. The van der Waals surface area contributed by atoms with E-state index in [9.17, 15) is 27.9 Å². The van der Waals surface area contributed by atoms with E-state index in [0.29, 0.717) is 4.90 Å². The van der Waals surface area contributed by atoms with Crippen LogP contribution in [0.15, 0.2) is 28.7 Å². The summed E-state index contributed by atoms with van der Waals surface area (Å²) in [6.45, 7) is -0.387. The number of carbonyl (C=O) groups excluding carboxylic acids is 2. The van der Waals surface area contributed by atoms with Gasteiger partial charge in [0.15, 0.2) is 0 Å². The Labute approximate surface area is 138 Å². The van der Waals surface area contributed by atoms with Crippen LogP contribution in [-0.4, -0.2) is 46.7 Å². The average molecular weight is 395 g/mol. The third kappa shape index (κ3) is 4.44. The molecule has 2 amide bonds. The standard InChI is InChI=1S/C14H14BrF3N2O3/c15-9-3-1-8(2-4-9)6-19-12(22)11-5-10(21)7-20(11)13(23)14(16,17)18/h1-4,10-11,21H,5-7H2,(H,19,22)/t10-,11+/m1/s1. The SMILES string of the molecule is O=C(NCc1ccc(Br)cc1)[C@@H]1C[C@@H](O)CN1C(=O)C(F)(F)F. The first kappa shape index (κ1) is 17.7. The Morgan fingerprint density at radius 2 is 1.91 bits per heavy atom. The van der Waals surface area contributed by atoms with Crippen LogP contribution in [0, 0.1) is 0 Å². The number of likely N-dealkylation sites (tertiary alicyclic amines) is 1. The Kier molecular flexibility index (Phi) is 5.30. The number of rotatable bonds is 3. The van der Waals surface area contributed by atoms with Gasteiger partial charge in [0.25, 0.3) is 0 Å². The van der Waals surface area contributed by atoms with Crippen LogP contribution >= 0.6 is 15.9 Å². The molecule has 5 nitrogen and oxygen atoms in total. The molecule has 1 aromatic carbocycles. The lowest BCUT2D eigenvalue weighted by atomic mass is 10.1. The van der Waals surface area contributed by atoms with Crippen LogP contribution in [0.2, 0.25) is 0 Å². The van der Waals surface area contributed by atoms with Crippen molar-refractivity contribution in [2.45, 2.75) is 31.3 Å². The second-order valence-electron chi connectivity index (χ2n) is 5.20. The summed E-state index contributed by atoms with van der Waals surface area (Å²) in [6, 6.07) is 5.69. The monoisotopic (exact) mass is 394 g/mol. The molecule has 0 aliphatic carbocycles. The molecule has 126 valence electrons. The minimum atomic E-state index is -5.08. The van der Waals surface area contributed by atoms with Crippen molar-refractivity contribution in [2.24, 2.45) is 0 Å². The molecule has 0 aromatic heterocycles. The molecule has 1 fully saturated rings. The number of carbonyl (C=O) groups is 2. The van der Waals surface area contributed by atoms with Crippen molar-refractivity contribution >= 4 is 27.7 Å².